The number of carbonyl (C=O) groups is 1. The lowest BCUT2D eigenvalue weighted by atomic mass is 10.1. The fraction of sp³-hybridized carbons (Fsp3) is 0.417. The first-order valence-corrected chi connectivity index (χ1v) is 6.67. The Morgan fingerprint density at radius 1 is 1.35 bits per heavy atom. The van der Waals surface area contributed by atoms with Crippen LogP contribution in [0.4, 0.5) is 0 Å². The molecule has 0 unspecified atom stereocenters. The summed E-state index contributed by atoms with van der Waals surface area (Å²) in [5.74, 6) is -0.0832. The molecule has 0 aromatic heterocycles. The summed E-state index contributed by atoms with van der Waals surface area (Å²) in [6, 6.07) is 5.39. The molecule has 1 fully saturated rings. The van der Waals surface area contributed by atoms with Crippen molar-refractivity contribution in [1.29, 1.82) is 0 Å². The molecule has 0 spiro atoms. The molecule has 1 amide bonds. The third kappa shape index (κ3) is 3.69. The van der Waals surface area contributed by atoms with Gasteiger partial charge in [0.25, 0.3) is 5.91 Å². The van der Waals surface area contributed by atoms with E-state index in [2.05, 4.69) is 21.2 Å². The van der Waals surface area contributed by atoms with E-state index in [4.69, 9.17) is 16.3 Å². The van der Waals surface area contributed by atoms with Crippen LogP contribution in [0.5, 0.6) is 0 Å². The average molecular weight is 319 g/mol. The monoisotopic (exact) mass is 317 g/mol. The molecule has 17 heavy (non-hydrogen) atoms. The number of nitrogens with one attached hydrogen (secondary N) is 1. The van der Waals surface area contributed by atoms with E-state index in [-0.39, 0.29) is 11.9 Å². The van der Waals surface area contributed by atoms with E-state index < -0.39 is 0 Å². The minimum absolute atomic E-state index is 0.0832. The van der Waals surface area contributed by atoms with Crippen LogP contribution < -0.4 is 5.32 Å². The Bertz CT molecular complexity index is 399. The largest absolute Gasteiger partial charge is 0.381 e. The lowest BCUT2D eigenvalue weighted by Crippen LogP contribution is -2.38. The molecular formula is C12H13BrClNO2. The number of benzene rings is 1. The van der Waals surface area contributed by atoms with Gasteiger partial charge in [-0.2, -0.15) is 0 Å². The first kappa shape index (κ1) is 12.9. The predicted molar refractivity (Wildman–Crippen MR) is 70.5 cm³/mol. The highest BCUT2D eigenvalue weighted by molar-refractivity contribution is 9.10. The minimum Gasteiger partial charge on any atom is -0.381 e. The van der Waals surface area contributed by atoms with Crippen LogP contribution in [0.15, 0.2) is 22.7 Å². The second-order valence-electron chi connectivity index (χ2n) is 4.02. The first-order valence-electron chi connectivity index (χ1n) is 5.50. The number of carbonyl (C=O) groups excluding carboxylic acids is 1. The Kier molecular flexibility index (Phi) is 4.42. The van der Waals surface area contributed by atoms with E-state index in [1.165, 1.54) is 0 Å². The van der Waals surface area contributed by atoms with Crippen LogP contribution in [0.1, 0.15) is 23.2 Å². The van der Waals surface area contributed by atoms with Crippen LogP contribution in [-0.2, 0) is 4.74 Å². The SMILES string of the molecule is O=C(NC1CCOCC1)c1cc(Cl)cc(Br)c1. The van der Waals surface area contributed by atoms with Gasteiger partial charge < -0.3 is 10.1 Å². The molecule has 5 heteroatoms. The van der Waals surface area contributed by atoms with Gasteiger partial charge in [-0.25, -0.2) is 0 Å². The van der Waals surface area contributed by atoms with E-state index >= 15 is 0 Å². The average Bonchev–Trinajstić information content (AvgIpc) is 2.29. The number of halogens is 2. The smallest absolute Gasteiger partial charge is 0.251 e. The maximum Gasteiger partial charge on any atom is 0.251 e. The Morgan fingerprint density at radius 2 is 2.06 bits per heavy atom. The third-order valence-electron chi connectivity index (χ3n) is 2.68. The molecule has 2 rings (SSSR count). The number of ether oxygens (including phenoxy) is 1. The molecule has 3 nitrogen and oxygen atoms in total. The third-order valence-corrected chi connectivity index (χ3v) is 3.36. The number of rotatable bonds is 2. The summed E-state index contributed by atoms with van der Waals surface area (Å²) in [5, 5.41) is 3.54. The van der Waals surface area contributed by atoms with E-state index in [1.807, 2.05) is 0 Å². The lowest BCUT2D eigenvalue weighted by Gasteiger charge is -2.23. The molecule has 1 aromatic rings. The summed E-state index contributed by atoms with van der Waals surface area (Å²) in [5.41, 5.74) is 0.580. The van der Waals surface area contributed by atoms with Gasteiger partial charge in [0.05, 0.1) is 0 Å². The van der Waals surface area contributed by atoms with Crippen molar-refractivity contribution >= 4 is 33.4 Å². The highest BCUT2D eigenvalue weighted by Crippen LogP contribution is 2.20. The zero-order chi connectivity index (χ0) is 12.3. The highest BCUT2D eigenvalue weighted by Gasteiger charge is 2.17. The molecule has 1 aromatic carbocycles. The predicted octanol–water partition coefficient (Wildman–Crippen LogP) is 3.01. The van der Waals surface area contributed by atoms with Crippen molar-refractivity contribution in [2.45, 2.75) is 18.9 Å². The molecule has 1 aliphatic heterocycles. The zero-order valence-corrected chi connectivity index (χ0v) is 11.6. The summed E-state index contributed by atoms with van der Waals surface area (Å²) in [6.45, 7) is 1.42. The molecule has 1 heterocycles. The Balaban J connectivity index is 2.03. The van der Waals surface area contributed by atoms with E-state index in [9.17, 15) is 4.79 Å². The Morgan fingerprint density at radius 3 is 2.71 bits per heavy atom. The number of hydrogen-bond donors (Lipinski definition) is 1. The van der Waals surface area contributed by atoms with Gasteiger partial charge in [-0.1, -0.05) is 27.5 Å². The normalized spacial score (nSPS) is 16.8. The maximum absolute atomic E-state index is 12.0. The van der Waals surface area contributed by atoms with Gasteiger partial charge in [-0.05, 0) is 31.0 Å². The summed E-state index contributed by atoms with van der Waals surface area (Å²) in [6.07, 6.45) is 1.74. The fourth-order valence-corrected chi connectivity index (χ4v) is 2.66. The molecule has 0 atom stereocenters. The highest BCUT2D eigenvalue weighted by atomic mass is 79.9. The summed E-state index contributed by atoms with van der Waals surface area (Å²) in [4.78, 5) is 12.0. The Hall–Kier alpha value is -0.580. The minimum atomic E-state index is -0.0832. The molecule has 0 radical (unpaired) electrons. The van der Waals surface area contributed by atoms with Crippen molar-refractivity contribution in [3.63, 3.8) is 0 Å². The molecule has 0 aliphatic carbocycles. The van der Waals surface area contributed by atoms with Gasteiger partial charge in [0.15, 0.2) is 0 Å². The zero-order valence-electron chi connectivity index (χ0n) is 9.21. The van der Waals surface area contributed by atoms with Gasteiger partial charge >= 0.3 is 0 Å². The van der Waals surface area contributed by atoms with E-state index in [0.29, 0.717) is 23.8 Å². The van der Waals surface area contributed by atoms with Crippen LogP contribution in [0.25, 0.3) is 0 Å². The van der Waals surface area contributed by atoms with Crippen LogP contribution in [0.3, 0.4) is 0 Å². The summed E-state index contributed by atoms with van der Waals surface area (Å²) >= 11 is 9.23. The topological polar surface area (TPSA) is 38.3 Å². The quantitative estimate of drug-likeness (QED) is 0.910. The van der Waals surface area contributed by atoms with Crippen molar-refractivity contribution < 1.29 is 9.53 Å². The van der Waals surface area contributed by atoms with Gasteiger partial charge in [-0.15, -0.1) is 0 Å². The van der Waals surface area contributed by atoms with Crippen molar-refractivity contribution in [2.75, 3.05) is 13.2 Å². The van der Waals surface area contributed by atoms with Gasteiger partial charge in [-0.3, -0.25) is 4.79 Å². The molecule has 0 saturated carbocycles. The first-order chi connectivity index (χ1) is 8.15. The van der Waals surface area contributed by atoms with Crippen LogP contribution in [0, 0.1) is 0 Å². The van der Waals surface area contributed by atoms with E-state index in [0.717, 1.165) is 17.3 Å². The van der Waals surface area contributed by atoms with Crippen molar-refractivity contribution in [1.82, 2.24) is 5.32 Å². The van der Waals surface area contributed by atoms with Gasteiger partial charge in [0, 0.05) is 34.3 Å². The summed E-state index contributed by atoms with van der Waals surface area (Å²) in [7, 11) is 0. The number of amides is 1. The van der Waals surface area contributed by atoms with Crippen LogP contribution >= 0.6 is 27.5 Å². The van der Waals surface area contributed by atoms with Crippen molar-refractivity contribution in [2.24, 2.45) is 0 Å². The fourth-order valence-electron chi connectivity index (χ4n) is 1.80. The van der Waals surface area contributed by atoms with Crippen LogP contribution in [-0.4, -0.2) is 25.2 Å². The molecular weight excluding hydrogens is 305 g/mol. The molecule has 92 valence electrons. The summed E-state index contributed by atoms with van der Waals surface area (Å²) < 4.78 is 6.05. The molecule has 1 N–H and O–H groups in total. The molecule has 0 bridgehead atoms. The van der Waals surface area contributed by atoms with Gasteiger partial charge in [0.1, 0.15) is 0 Å². The second kappa shape index (κ2) is 5.85. The van der Waals surface area contributed by atoms with Crippen molar-refractivity contribution in [3.05, 3.63) is 33.3 Å². The standard InChI is InChI=1S/C12H13BrClNO2/c13-9-5-8(6-10(14)7-9)12(16)15-11-1-3-17-4-2-11/h5-7,11H,1-4H2,(H,15,16). The number of hydrogen-bond acceptors (Lipinski definition) is 2. The van der Waals surface area contributed by atoms with Gasteiger partial charge in [0.2, 0.25) is 0 Å². The Labute approximate surface area is 114 Å². The molecule has 1 saturated heterocycles. The maximum atomic E-state index is 12.0. The second-order valence-corrected chi connectivity index (χ2v) is 5.37. The lowest BCUT2D eigenvalue weighted by molar-refractivity contribution is 0.0696. The van der Waals surface area contributed by atoms with E-state index in [1.54, 1.807) is 18.2 Å². The van der Waals surface area contributed by atoms with Crippen molar-refractivity contribution in [3.8, 4) is 0 Å². The molecule has 1 aliphatic rings. The van der Waals surface area contributed by atoms with Crippen LogP contribution in [0.2, 0.25) is 5.02 Å².